The van der Waals surface area contributed by atoms with Gasteiger partial charge in [-0.3, -0.25) is 14.5 Å². The molecule has 1 saturated carbocycles. The maximum absolute atomic E-state index is 12.5. The first-order valence-electron chi connectivity index (χ1n) is 9.67. The van der Waals surface area contributed by atoms with Crippen LogP contribution in [0, 0.1) is 5.92 Å². The Morgan fingerprint density at radius 1 is 1.15 bits per heavy atom. The van der Waals surface area contributed by atoms with Crippen LogP contribution in [-0.4, -0.2) is 55.6 Å². The van der Waals surface area contributed by atoms with Gasteiger partial charge in [0.15, 0.2) is 5.78 Å². The molecule has 2 unspecified atom stereocenters. The smallest absolute Gasteiger partial charge is 0.317 e. The van der Waals surface area contributed by atoms with Gasteiger partial charge in [-0.1, -0.05) is 30.3 Å². The second-order valence-corrected chi connectivity index (χ2v) is 7.38. The van der Waals surface area contributed by atoms with Gasteiger partial charge < -0.3 is 9.47 Å². The number of rotatable bonds is 6. The zero-order chi connectivity index (χ0) is 18.5. The summed E-state index contributed by atoms with van der Waals surface area (Å²) in [6.45, 7) is 2.85. The van der Waals surface area contributed by atoms with E-state index in [1.807, 2.05) is 11.9 Å². The summed E-state index contributed by atoms with van der Waals surface area (Å²) in [6.07, 6.45) is 4.48. The molecule has 0 spiro atoms. The summed E-state index contributed by atoms with van der Waals surface area (Å²) in [5.41, 5.74) is 1.41. The van der Waals surface area contributed by atoms with Crippen molar-refractivity contribution in [3.05, 3.63) is 35.9 Å². The Hall–Kier alpha value is -1.72. The van der Waals surface area contributed by atoms with Crippen molar-refractivity contribution in [1.82, 2.24) is 4.90 Å². The van der Waals surface area contributed by atoms with Crippen LogP contribution >= 0.6 is 0 Å². The monoisotopic (exact) mass is 359 g/mol. The number of nitrogens with zero attached hydrogens (tertiary/aromatic N) is 1. The van der Waals surface area contributed by atoms with E-state index in [-0.39, 0.29) is 17.9 Å². The molecule has 1 aromatic carbocycles. The van der Waals surface area contributed by atoms with Crippen molar-refractivity contribution < 1.29 is 19.1 Å². The number of ether oxygens (including phenoxy) is 2. The number of ketones is 1. The number of likely N-dealkylation sites (tertiary alicyclic amines) is 1. The Bertz CT molecular complexity index is 610. The topological polar surface area (TPSA) is 55.8 Å². The Labute approximate surface area is 155 Å². The van der Waals surface area contributed by atoms with Crippen LogP contribution in [0.25, 0.3) is 0 Å². The van der Waals surface area contributed by atoms with Gasteiger partial charge in [-0.2, -0.15) is 0 Å². The molecule has 0 amide bonds. The van der Waals surface area contributed by atoms with Gasteiger partial charge in [-0.05, 0) is 51.1 Å². The molecule has 5 nitrogen and oxygen atoms in total. The summed E-state index contributed by atoms with van der Waals surface area (Å²) in [6, 6.07) is 10.3. The lowest BCUT2D eigenvalue weighted by Gasteiger charge is -2.30. The third-order valence-electron chi connectivity index (χ3n) is 5.68. The van der Waals surface area contributed by atoms with Crippen LogP contribution in [0.5, 0.6) is 0 Å². The molecule has 0 bridgehead atoms. The molecule has 0 N–H and O–H groups in total. The molecule has 0 aromatic heterocycles. The third-order valence-corrected chi connectivity index (χ3v) is 5.68. The minimum Gasteiger partial charge on any atom is -0.465 e. The molecule has 2 aliphatic rings. The largest absolute Gasteiger partial charge is 0.465 e. The van der Waals surface area contributed by atoms with Crippen LogP contribution < -0.4 is 0 Å². The van der Waals surface area contributed by atoms with E-state index in [0.29, 0.717) is 25.7 Å². The molecule has 1 saturated heterocycles. The Morgan fingerprint density at radius 2 is 1.85 bits per heavy atom. The average molecular weight is 359 g/mol. The normalized spacial score (nSPS) is 29.7. The van der Waals surface area contributed by atoms with E-state index in [0.717, 1.165) is 25.7 Å². The van der Waals surface area contributed by atoms with E-state index in [4.69, 9.17) is 9.47 Å². The Balaban J connectivity index is 1.46. The molecular formula is C21H29NO4. The summed E-state index contributed by atoms with van der Waals surface area (Å²) in [7, 11) is 1.87. The van der Waals surface area contributed by atoms with Crippen LogP contribution in [0.2, 0.25) is 0 Å². The minimum absolute atomic E-state index is 0.0658. The number of benzene rings is 1. The first kappa shape index (κ1) is 19.1. The Morgan fingerprint density at radius 3 is 2.50 bits per heavy atom. The number of Topliss-reactive ketones (excluding diaryl/α,β-unsaturated/α-hetero) is 1. The molecule has 1 aliphatic heterocycles. The lowest BCUT2D eigenvalue weighted by atomic mass is 9.83. The quantitative estimate of drug-likeness (QED) is 0.577. The number of carbonyl (C=O) groups is 2. The van der Waals surface area contributed by atoms with E-state index in [9.17, 15) is 9.59 Å². The highest BCUT2D eigenvalue weighted by molar-refractivity contribution is 6.03. The molecular weight excluding hydrogens is 330 g/mol. The van der Waals surface area contributed by atoms with Crippen molar-refractivity contribution >= 4 is 11.8 Å². The van der Waals surface area contributed by atoms with Gasteiger partial charge in [0.05, 0.1) is 25.4 Å². The zero-order valence-corrected chi connectivity index (χ0v) is 15.7. The number of esters is 1. The standard InChI is InChI=1S/C21H29NO4/c1-3-25-21(24)18-13-22(2)19(20(18)23)14-26-17-11-9-16(10-12-17)15-7-5-4-6-8-15/h4-8,16-19H,3,9-14H2,1-2H3. The third kappa shape index (κ3) is 4.33. The molecule has 3 rings (SSSR count). The fourth-order valence-electron chi connectivity index (χ4n) is 4.11. The minimum atomic E-state index is -0.664. The molecule has 142 valence electrons. The van der Waals surface area contributed by atoms with E-state index in [2.05, 4.69) is 30.3 Å². The van der Waals surface area contributed by atoms with Crippen molar-refractivity contribution in [2.45, 2.75) is 50.7 Å². The molecule has 2 fully saturated rings. The summed E-state index contributed by atoms with van der Waals surface area (Å²) < 4.78 is 11.1. The van der Waals surface area contributed by atoms with Gasteiger partial charge in [-0.25, -0.2) is 0 Å². The maximum Gasteiger partial charge on any atom is 0.317 e. The predicted molar refractivity (Wildman–Crippen MR) is 98.9 cm³/mol. The molecule has 1 heterocycles. The zero-order valence-electron chi connectivity index (χ0n) is 15.7. The molecule has 5 heteroatoms. The van der Waals surface area contributed by atoms with Gasteiger partial charge in [0.2, 0.25) is 0 Å². The van der Waals surface area contributed by atoms with E-state index in [1.165, 1.54) is 5.56 Å². The second-order valence-electron chi connectivity index (χ2n) is 7.38. The van der Waals surface area contributed by atoms with Crippen LogP contribution in [0.4, 0.5) is 0 Å². The molecule has 1 aliphatic carbocycles. The SMILES string of the molecule is CCOC(=O)C1CN(C)C(COC2CCC(c3ccccc3)CC2)C1=O. The van der Waals surface area contributed by atoms with Crippen LogP contribution in [0.3, 0.4) is 0 Å². The fraction of sp³-hybridized carbons (Fsp3) is 0.619. The highest BCUT2D eigenvalue weighted by atomic mass is 16.5. The molecule has 26 heavy (non-hydrogen) atoms. The highest BCUT2D eigenvalue weighted by Crippen LogP contribution is 2.34. The number of hydrogen-bond acceptors (Lipinski definition) is 5. The number of likely N-dealkylation sites (N-methyl/N-ethyl adjacent to an activating group) is 1. The van der Waals surface area contributed by atoms with Crippen LogP contribution in [-0.2, 0) is 19.1 Å². The predicted octanol–water partition coefficient (Wildman–Crippen LogP) is 2.79. The molecule has 1 aromatic rings. The van der Waals surface area contributed by atoms with Crippen LogP contribution in [0.1, 0.15) is 44.1 Å². The van der Waals surface area contributed by atoms with Gasteiger partial charge >= 0.3 is 5.97 Å². The molecule has 2 atom stereocenters. The lowest BCUT2D eigenvalue weighted by molar-refractivity contribution is -0.150. The first-order chi connectivity index (χ1) is 12.6. The van der Waals surface area contributed by atoms with E-state index >= 15 is 0 Å². The fourth-order valence-corrected chi connectivity index (χ4v) is 4.11. The van der Waals surface area contributed by atoms with E-state index < -0.39 is 11.9 Å². The summed E-state index contributed by atoms with van der Waals surface area (Å²) in [4.78, 5) is 26.3. The number of carbonyl (C=O) groups excluding carboxylic acids is 2. The molecule has 0 radical (unpaired) electrons. The van der Waals surface area contributed by atoms with Gasteiger partial charge in [0.25, 0.3) is 0 Å². The van der Waals surface area contributed by atoms with Crippen molar-refractivity contribution in [2.75, 3.05) is 26.8 Å². The lowest BCUT2D eigenvalue weighted by Crippen LogP contribution is -2.37. The van der Waals surface area contributed by atoms with Crippen molar-refractivity contribution in [1.29, 1.82) is 0 Å². The first-order valence-corrected chi connectivity index (χ1v) is 9.67. The van der Waals surface area contributed by atoms with Gasteiger partial charge in [0, 0.05) is 6.54 Å². The summed E-state index contributed by atoms with van der Waals surface area (Å²) >= 11 is 0. The van der Waals surface area contributed by atoms with E-state index in [1.54, 1.807) is 6.92 Å². The van der Waals surface area contributed by atoms with Crippen molar-refractivity contribution in [3.8, 4) is 0 Å². The average Bonchev–Trinajstić information content (AvgIpc) is 2.95. The summed E-state index contributed by atoms with van der Waals surface area (Å²) in [5.74, 6) is -0.526. The van der Waals surface area contributed by atoms with Crippen LogP contribution in [0.15, 0.2) is 30.3 Å². The number of hydrogen-bond donors (Lipinski definition) is 0. The summed E-state index contributed by atoms with van der Waals surface area (Å²) in [5, 5.41) is 0. The van der Waals surface area contributed by atoms with Crippen molar-refractivity contribution in [2.24, 2.45) is 5.92 Å². The van der Waals surface area contributed by atoms with Gasteiger partial charge in [-0.15, -0.1) is 0 Å². The Kier molecular flexibility index (Phi) is 6.43. The highest BCUT2D eigenvalue weighted by Gasteiger charge is 2.43. The van der Waals surface area contributed by atoms with Gasteiger partial charge in [0.1, 0.15) is 5.92 Å². The second kappa shape index (κ2) is 8.78. The maximum atomic E-state index is 12.5. The van der Waals surface area contributed by atoms with Crippen molar-refractivity contribution in [3.63, 3.8) is 0 Å².